The van der Waals surface area contributed by atoms with Gasteiger partial charge in [-0.25, -0.2) is 0 Å². The van der Waals surface area contributed by atoms with Gasteiger partial charge in [0.1, 0.15) is 5.60 Å². The van der Waals surface area contributed by atoms with Crippen LogP contribution in [0, 0.1) is 26.1 Å². The maximum Gasteiger partial charge on any atom is 0.303 e. The summed E-state index contributed by atoms with van der Waals surface area (Å²) in [6.45, 7) is 1.25. The standard InChI is InChI=1S/C12H16N2O6/c1-8(15)20-12-4-9-2-10(6-12,13(16)17)5-11(3-9,7-12)14(18)19/h9H,2-7H2,1H3. The maximum absolute atomic E-state index is 11.5. The first-order valence-electron chi connectivity index (χ1n) is 6.70. The Morgan fingerprint density at radius 3 is 1.95 bits per heavy atom. The number of carbonyl (C=O) groups is 1. The topological polar surface area (TPSA) is 113 Å². The lowest BCUT2D eigenvalue weighted by molar-refractivity contribution is -0.648. The molecule has 2 unspecified atom stereocenters. The van der Waals surface area contributed by atoms with E-state index in [9.17, 15) is 25.0 Å². The monoisotopic (exact) mass is 284 g/mol. The summed E-state index contributed by atoms with van der Waals surface area (Å²) in [6, 6.07) is 0. The molecule has 0 aromatic carbocycles. The van der Waals surface area contributed by atoms with Crippen LogP contribution in [0.5, 0.6) is 0 Å². The minimum absolute atomic E-state index is 0.0421. The molecule has 4 rings (SSSR count). The number of rotatable bonds is 3. The van der Waals surface area contributed by atoms with E-state index in [1.54, 1.807) is 0 Å². The Kier molecular flexibility index (Phi) is 2.44. The Morgan fingerprint density at radius 1 is 1.05 bits per heavy atom. The van der Waals surface area contributed by atoms with Crippen molar-refractivity contribution in [2.45, 2.75) is 62.1 Å². The van der Waals surface area contributed by atoms with E-state index in [4.69, 9.17) is 4.74 Å². The molecule has 8 heteroatoms. The molecule has 4 bridgehead atoms. The summed E-state index contributed by atoms with van der Waals surface area (Å²) in [5, 5.41) is 23.0. The number of esters is 1. The first-order chi connectivity index (χ1) is 9.21. The van der Waals surface area contributed by atoms with Gasteiger partial charge in [-0.2, -0.15) is 0 Å². The summed E-state index contributed by atoms with van der Waals surface area (Å²) in [5.74, 6) is -0.634. The maximum atomic E-state index is 11.5. The van der Waals surface area contributed by atoms with E-state index in [0.717, 1.165) is 0 Å². The predicted octanol–water partition coefficient (Wildman–Crippen LogP) is 1.32. The normalized spacial score (nSPS) is 45.1. The molecule has 0 spiro atoms. The van der Waals surface area contributed by atoms with Gasteiger partial charge in [-0.15, -0.1) is 0 Å². The van der Waals surface area contributed by atoms with Crippen molar-refractivity contribution in [3.8, 4) is 0 Å². The molecule has 0 aromatic heterocycles. The minimum atomic E-state index is -1.30. The second-order valence-electron chi connectivity index (χ2n) is 6.75. The highest BCUT2D eigenvalue weighted by molar-refractivity contribution is 5.66. The van der Waals surface area contributed by atoms with Crippen molar-refractivity contribution in [3.63, 3.8) is 0 Å². The van der Waals surface area contributed by atoms with Gasteiger partial charge in [0, 0.05) is 29.6 Å². The average Bonchev–Trinajstić information content (AvgIpc) is 2.24. The van der Waals surface area contributed by atoms with E-state index < -0.39 is 22.6 Å². The van der Waals surface area contributed by atoms with Gasteiger partial charge in [-0.3, -0.25) is 25.0 Å². The van der Waals surface area contributed by atoms with Crippen LogP contribution >= 0.6 is 0 Å². The minimum Gasteiger partial charge on any atom is -0.459 e. The molecule has 0 radical (unpaired) electrons. The van der Waals surface area contributed by atoms with Gasteiger partial charge < -0.3 is 4.74 Å². The van der Waals surface area contributed by atoms with Gasteiger partial charge in [0.25, 0.3) is 0 Å². The largest absolute Gasteiger partial charge is 0.459 e. The van der Waals surface area contributed by atoms with Crippen LogP contribution in [0.1, 0.15) is 45.4 Å². The molecule has 0 aliphatic heterocycles. The van der Waals surface area contributed by atoms with E-state index in [1.807, 2.05) is 0 Å². The van der Waals surface area contributed by atoms with Crippen molar-refractivity contribution >= 4 is 5.97 Å². The van der Waals surface area contributed by atoms with Crippen molar-refractivity contribution < 1.29 is 19.4 Å². The summed E-state index contributed by atoms with van der Waals surface area (Å²) < 4.78 is 5.35. The molecule has 8 nitrogen and oxygen atoms in total. The molecule has 0 heterocycles. The molecule has 2 atom stereocenters. The molecule has 0 N–H and O–H groups in total. The van der Waals surface area contributed by atoms with Crippen LogP contribution in [-0.2, 0) is 9.53 Å². The van der Waals surface area contributed by atoms with E-state index >= 15 is 0 Å². The van der Waals surface area contributed by atoms with Crippen molar-refractivity contribution in [2.75, 3.05) is 0 Å². The molecule has 20 heavy (non-hydrogen) atoms. The number of nitro groups is 2. The number of hydrogen-bond donors (Lipinski definition) is 0. The third kappa shape index (κ3) is 1.63. The van der Waals surface area contributed by atoms with Crippen molar-refractivity contribution in [2.24, 2.45) is 5.92 Å². The second kappa shape index (κ2) is 3.67. The SMILES string of the molecule is CC(=O)OC12CC3CC([N+](=O)[O-])(C1)CC([N+](=O)[O-])(C3)C2. The Bertz CT molecular complexity index is 488. The molecular weight excluding hydrogens is 268 g/mol. The number of carbonyl (C=O) groups excluding carboxylic acids is 1. The molecule has 0 amide bonds. The van der Waals surface area contributed by atoms with Gasteiger partial charge in [0.05, 0.1) is 19.3 Å². The van der Waals surface area contributed by atoms with Gasteiger partial charge in [-0.1, -0.05) is 0 Å². The number of nitrogens with zero attached hydrogens (tertiary/aromatic N) is 2. The Balaban J connectivity index is 2.06. The lowest BCUT2D eigenvalue weighted by Gasteiger charge is -2.57. The fraction of sp³-hybridized carbons (Fsp3) is 0.917. The highest BCUT2D eigenvalue weighted by atomic mass is 16.6. The number of hydrogen-bond acceptors (Lipinski definition) is 6. The van der Waals surface area contributed by atoms with E-state index in [-0.39, 0.29) is 35.0 Å². The summed E-state index contributed by atoms with van der Waals surface area (Å²) in [4.78, 5) is 33.5. The average molecular weight is 284 g/mol. The van der Waals surface area contributed by atoms with E-state index in [2.05, 4.69) is 0 Å². The van der Waals surface area contributed by atoms with Gasteiger partial charge in [0.2, 0.25) is 11.1 Å². The second-order valence-corrected chi connectivity index (χ2v) is 6.75. The van der Waals surface area contributed by atoms with Crippen molar-refractivity contribution in [1.82, 2.24) is 0 Å². The Hall–Kier alpha value is -1.73. The summed E-state index contributed by atoms with van der Waals surface area (Å²) in [6.07, 6.45) is 1.41. The van der Waals surface area contributed by atoms with Crippen LogP contribution < -0.4 is 0 Å². The summed E-state index contributed by atoms with van der Waals surface area (Å²) in [7, 11) is 0. The van der Waals surface area contributed by atoms with E-state index in [1.165, 1.54) is 6.92 Å². The van der Waals surface area contributed by atoms with Crippen molar-refractivity contribution in [1.29, 1.82) is 0 Å². The zero-order chi connectivity index (χ0) is 14.8. The summed E-state index contributed by atoms with van der Waals surface area (Å²) in [5.41, 5.74) is -3.63. The molecular formula is C12H16N2O6. The smallest absolute Gasteiger partial charge is 0.303 e. The third-order valence-electron chi connectivity index (χ3n) is 5.09. The van der Waals surface area contributed by atoms with Crippen LogP contribution in [0.2, 0.25) is 0 Å². The zero-order valence-corrected chi connectivity index (χ0v) is 11.2. The molecule has 0 aromatic rings. The van der Waals surface area contributed by atoms with Crippen molar-refractivity contribution in [3.05, 3.63) is 20.2 Å². The van der Waals surface area contributed by atoms with Crippen LogP contribution in [0.15, 0.2) is 0 Å². The highest BCUT2D eigenvalue weighted by Crippen LogP contribution is 2.62. The van der Waals surface area contributed by atoms with Crippen LogP contribution in [0.25, 0.3) is 0 Å². The Morgan fingerprint density at radius 2 is 1.55 bits per heavy atom. The summed E-state index contributed by atoms with van der Waals surface area (Å²) >= 11 is 0. The lowest BCUT2D eigenvalue weighted by Crippen LogP contribution is -2.71. The fourth-order valence-corrected chi connectivity index (χ4v) is 5.08. The predicted molar refractivity (Wildman–Crippen MR) is 65.1 cm³/mol. The molecule has 4 aliphatic carbocycles. The Labute approximate surface area is 114 Å². The molecule has 4 fully saturated rings. The van der Waals surface area contributed by atoms with Gasteiger partial charge in [-0.05, 0) is 12.3 Å². The quantitative estimate of drug-likeness (QED) is 0.438. The molecule has 0 saturated heterocycles. The zero-order valence-electron chi connectivity index (χ0n) is 11.2. The fourth-order valence-electron chi connectivity index (χ4n) is 5.08. The van der Waals surface area contributed by atoms with Crippen LogP contribution in [-0.4, -0.2) is 32.5 Å². The lowest BCUT2D eigenvalue weighted by atomic mass is 9.48. The third-order valence-corrected chi connectivity index (χ3v) is 5.09. The van der Waals surface area contributed by atoms with Gasteiger partial charge >= 0.3 is 5.97 Å². The van der Waals surface area contributed by atoms with Crippen LogP contribution in [0.3, 0.4) is 0 Å². The first-order valence-corrected chi connectivity index (χ1v) is 6.70. The number of ether oxygens (including phenoxy) is 1. The first kappa shape index (κ1) is 13.3. The van der Waals surface area contributed by atoms with Crippen LogP contribution in [0.4, 0.5) is 0 Å². The van der Waals surface area contributed by atoms with E-state index in [0.29, 0.717) is 19.3 Å². The molecule has 110 valence electrons. The highest BCUT2D eigenvalue weighted by Gasteiger charge is 2.75. The molecule has 4 saturated carbocycles. The molecule has 4 aliphatic rings. The van der Waals surface area contributed by atoms with Gasteiger partial charge in [0.15, 0.2) is 0 Å².